The van der Waals surface area contributed by atoms with Gasteiger partial charge in [-0.1, -0.05) is 0 Å². The van der Waals surface area contributed by atoms with Gasteiger partial charge in [0, 0.05) is 11.3 Å². The number of phenolic OH excluding ortho intramolecular Hbond substituents is 1. The highest BCUT2D eigenvalue weighted by molar-refractivity contribution is 5.90. The predicted octanol–water partition coefficient (Wildman–Crippen LogP) is 0.280. The van der Waals surface area contributed by atoms with Crippen LogP contribution in [0.5, 0.6) is 5.75 Å². The molecule has 2 aliphatic heterocycles. The lowest BCUT2D eigenvalue weighted by Gasteiger charge is -2.22. The average Bonchev–Trinajstić information content (AvgIpc) is 3.08. The van der Waals surface area contributed by atoms with Gasteiger partial charge in [-0.3, -0.25) is 10.4 Å². The van der Waals surface area contributed by atoms with Gasteiger partial charge in [0.1, 0.15) is 17.9 Å². The largest absolute Gasteiger partial charge is 0.508 e. The molecule has 4 N–H and O–H groups in total. The van der Waals surface area contributed by atoms with Crippen LogP contribution in [0.25, 0.3) is 11.8 Å². The van der Waals surface area contributed by atoms with Crippen LogP contribution in [0.15, 0.2) is 35.2 Å². The number of benzene rings is 1. The van der Waals surface area contributed by atoms with Crippen molar-refractivity contribution in [3.05, 3.63) is 46.4 Å². The fraction of sp³-hybridized carbons (Fsp3) is 0.188. The molecule has 1 aromatic carbocycles. The molecular formula is C16H16N6O. The van der Waals surface area contributed by atoms with E-state index < -0.39 is 0 Å². The molecule has 7 nitrogen and oxygen atoms in total. The molecule has 4 rings (SSSR count). The number of hydrogen-bond acceptors (Lipinski definition) is 7. The predicted molar refractivity (Wildman–Crippen MR) is 87.5 cm³/mol. The lowest BCUT2D eigenvalue weighted by Crippen LogP contribution is -2.38. The fourth-order valence-electron chi connectivity index (χ4n) is 2.80. The van der Waals surface area contributed by atoms with E-state index in [4.69, 9.17) is 5.73 Å². The number of nitrogens with two attached hydrogens (primary N) is 1. The van der Waals surface area contributed by atoms with Crippen molar-refractivity contribution in [1.29, 1.82) is 0 Å². The second kappa shape index (κ2) is 4.70. The van der Waals surface area contributed by atoms with Crippen LogP contribution in [0.1, 0.15) is 19.4 Å². The molecular weight excluding hydrogens is 292 g/mol. The van der Waals surface area contributed by atoms with E-state index in [1.54, 1.807) is 18.2 Å². The van der Waals surface area contributed by atoms with E-state index in [2.05, 4.69) is 34.2 Å². The Morgan fingerprint density at radius 2 is 2.09 bits per heavy atom. The maximum atomic E-state index is 9.62. The number of fused-ring (bicyclic) bond motifs is 2. The number of rotatable bonds is 1. The van der Waals surface area contributed by atoms with Gasteiger partial charge in [-0.15, -0.1) is 0 Å². The maximum absolute atomic E-state index is 9.62. The molecule has 7 heteroatoms. The van der Waals surface area contributed by atoms with Gasteiger partial charge in [-0.2, -0.15) is 0 Å². The second-order valence-corrected chi connectivity index (χ2v) is 5.79. The van der Waals surface area contributed by atoms with Crippen molar-refractivity contribution in [3.8, 4) is 5.75 Å². The number of allylic oxidation sites excluding steroid dienone is 1. The average molecular weight is 308 g/mol. The molecule has 2 aromatic rings. The molecule has 0 saturated heterocycles. The third-order valence-electron chi connectivity index (χ3n) is 3.88. The van der Waals surface area contributed by atoms with Gasteiger partial charge in [0.2, 0.25) is 0 Å². The monoisotopic (exact) mass is 308 g/mol. The Balaban J connectivity index is 1.95. The number of phenols is 1. The zero-order valence-corrected chi connectivity index (χ0v) is 12.8. The summed E-state index contributed by atoms with van der Waals surface area (Å²) in [5, 5.41) is 13.2. The lowest BCUT2D eigenvalue weighted by molar-refractivity contribution is 0.474. The molecule has 116 valence electrons. The molecule has 0 radical (unpaired) electrons. The Hall–Kier alpha value is -3.09. The standard InChI is InChI=1S/C16H16N6O/c1-8(2)22-16-13(15(17)18-7-19-16)14(21-22)12-6-9-5-10(23)3-4-11(9)20-12/h3-8,21,23H,1-2H3,(H2,17,18,19)/b14-12-. The first-order valence-electron chi connectivity index (χ1n) is 7.35. The molecule has 0 saturated carbocycles. The topological polar surface area (TPSA) is 99.7 Å². The first-order valence-corrected chi connectivity index (χ1v) is 7.35. The molecule has 0 aliphatic carbocycles. The van der Waals surface area contributed by atoms with E-state index in [0.29, 0.717) is 5.82 Å². The van der Waals surface area contributed by atoms with Gasteiger partial charge in [0.25, 0.3) is 0 Å². The van der Waals surface area contributed by atoms with Crippen molar-refractivity contribution in [2.75, 3.05) is 10.7 Å². The summed E-state index contributed by atoms with van der Waals surface area (Å²) >= 11 is 0. The SMILES string of the molecule is CC(C)N1N/C(=C2/C=c3cc(O)ccc3=N2)c2c(N)ncnc21. The first kappa shape index (κ1) is 13.6. The van der Waals surface area contributed by atoms with Gasteiger partial charge in [0.05, 0.1) is 22.3 Å². The molecule has 0 spiro atoms. The molecule has 0 amide bonds. The minimum atomic E-state index is 0.189. The second-order valence-electron chi connectivity index (χ2n) is 5.79. The highest BCUT2D eigenvalue weighted by Crippen LogP contribution is 2.36. The number of hydrogen-bond donors (Lipinski definition) is 3. The minimum Gasteiger partial charge on any atom is -0.508 e. The van der Waals surface area contributed by atoms with Gasteiger partial charge < -0.3 is 10.8 Å². The zero-order valence-electron chi connectivity index (χ0n) is 12.8. The highest BCUT2D eigenvalue weighted by atomic mass is 16.3. The van der Waals surface area contributed by atoms with Crippen LogP contribution in [0.2, 0.25) is 0 Å². The Labute approximate surface area is 132 Å². The van der Waals surface area contributed by atoms with Crippen LogP contribution in [0.3, 0.4) is 0 Å². The van der Waals surface area contributed by atoms with Crippen LogP contribution in [0, 0.1) is 0 Å². The Kier molecular flexibility index (Phi) is 2.77. The van der Waals surface area contributed by atoms with Gasteiger partial charge >= 0.3 is 0 Å². The number of nitrogens with zero attached hydrogens (tertiary/aromatic N) is 4. The molecule has 0 atom stereocenters. The van der Waals surface area contributed by atoms with Crippen LogP contribution in [0.4, 0.5) is 11.6 Å². The number of hydrazine groups is 1. The quantitative estimate of drug-likeness (QED) is 0.700. The molecule has 3 heterocycles. The van der Waals surface area contributed by atoms with Crippen molar-refractivity contribution in [1.82, 2.24) is 15.4 Å². The molecule has 23 heavy (non-hydrogen) atoms. The van der Waals surface area contributed by atoms with Crippen molar-refractivity contribution in [3.63, 3.8) is 0 Å². The Morgan fingerprint density at radius 1 is 1.26 bits per heavy atom. The third-order valence-corrected chi connectivity index (χ3v) is 3.88. The number of nitrogen functional groups attached to an aromatic ring is 1. The minimum absolute atomic E-state index is 0.189. The van der Waals surface area contributed by atoms with E-state index in [0.717, 1.165) is 33.4 Å². The fourth-order valence-corrected chi connectivity index (χ4v) is 2.80. The van der Waals surface area contributed by atoms with Crippen molar-refractivity contribution >= 4 is 23.4 Å². The summed E-state index contributed by atoms with van der Waals surface area (Å²) in [7, 11) is 0. The van der Waals surface area contributed by atoms with Crippen LogP contribution in [-0.4, -0.2) is 21.1 Å². The summed E-state index contributed by atoms with van der Waals surface area (Å²) in [6.45, 7) is 4.12. The van der Waals surface area contributed by atoms with Gasteiger partial charge in [0.15, 0.2) is 5.82 Å². The number of nitrogens with one attached hydrogen (secondary N) is 1. The van der Waals surface area contributed by atoms with Crippen molar-refractivity contribution in [2.24, 2.45) is 4.99 Å². The van der Waals surface area contributed by atoms with Crippen LogP contribution < -0.4 is 26.7 Å². The molecule has 0 fully saturated rings. The third kappa shape index (κ3) is 2.01. The normalized spacial score (nSPS) is 18.3. The van der Waals surface area contributed by atoms with E-state index >= 15 is 0 Å². The Morgan fingerprint density at radius 3 is 2.87 bits per heavy atom. The Bertz CT molecular complexity index is 963. The zero-order chi connectivity index (χ0) is 16.1. The number of aromatic hydroxyl groups is 1. The van der Waals surface area contributed by atoms with E-state index in [1.807, 2.05) is 11.1 Å². The number of anilines is 2. The van der Waals surface area contributed by atoms with E-state index in [9.17, 15) is 5.11 Å². The molecule has 1 aromatic heterocycles. The first-order chi connectivity index (χ1) is 11.0. The summed E-state index contributed by atoms with van der Waals surface area (Å²) in [5.41, 5.74) is 11.7. The molecule has 0 bridgehead atoms. The van der Waals surface area contributed by atoms with Crippen LogP contribution >= 0.6 is 0 Å². The molecule has 0 unspecified atom stereocenters. The maximum Gasteiger partial charge on any atom is 0.162 e. The smallest absolute Gasteiger partial charge is 0.162 e. The summed E-state index contributed by atoms with van der Waals surface area (Å²) in [6, 6.07) is 5.29. The van der Waals surface area contributed by atoms with Gasteiger partial charge in [-0.25, -0.2) is 15.0 Å². The summed E-state index contributed by atoms with van der Waals surface area (Å²) in [4.78, 5) is 13.1. The van der Waals surface area contributed by atoms with Crippen molar-refractivity contribution < 1.29 is 5.11 Å². The van der Waals surface area contributed by atoms with Gasteiger partial charge in [-0.05, 0) is 38.1 Å². The highest BCUT2D eigenvalue weighted by Gasteiger charge is 2.31. The summed E-state index contributed by atoms with van der Waals surface area (Å²) in [5.74, 6) is 1.38. The molecule has 2 aliphatic rings. The summed E-state index contributed by atoms with van der Waals surface area (Å²) in [6.07, 6.45) is 3.37. The van der Waals surface area contributed by atoms with E-state index in [-0.39, 0.29) is 11.8 Å². The summed E-state index contributed by atoms with van der Waals surface area (Å²) < 4.78 is 0. The van der Waals surface area contributed by atoms with Crippen molar-refractivity contribution in [2.45, 2.75) is 19.9 Å². The number of aromatic nitrogens is 2. The lowest BCUT2D eigenvalue weighted by atomic mass is 10.1. The van der Waals surface area contributed by atoms with Crippen LogP contribution in [-0.2, 0) is 0 Å². The van der Waals surface area contributed by atoms with E-state index in [1.165, 1.54) is 6.33 Å².